The van der Waals surface area contributed by atoms with Crippen molar-refractivity contribution < 1.29 is 79.6 Å². The van der Waals surface area contributed by atoms with E-state index < -0.39 is 151 Å². The van der Waals surface area contributed by atoms with Crippen LogP contribution in [0, 0.1) is 0 Å². The van der Waals surface area contributed by atoms with Gasteiger partial charge in [0.25, 0.3) is 11.1 Å². The zero-order chi connectivity index (χ0) is 69.4. The molecule has 10 aromatic heterocycles. The molecule has 20 heterocycles. The summed E-state index contributed by atoms with van der Waals surface area (Å²) in [6.45, 7) is 1.11. The van der Waals surface area contributed by atoms with Gasteiger partial charge in [-0.2, -0.15) is 15.0 Å². The number of ether oxygens (including phenoxy) is 5. The average molecular weight is 1420 g/mol. The SMILES string of the molecule is CNc1cc(=O)n2c3c1nnn3C[C@H]1O[C@@H]2C(O)C1O.CNc1nc(=O)n2c3c1nnn3C[C@H]1O[C@@H]2C(O)C1O.CONc1nc(=O)n2c3c1nnn3C[C@H]1O[C@@H]2C(O)C1O.Cl.Nc1nc(=O)n2c3c1ncn3C[C@H]1O[C@@H]2C(O)C1O.O=c1[nH]c(=O)n2c3c1ncn3C[C@H]1O[C@@H]2C(O)C1O. The second kappa shape index (κ2) is 24.3. The number of anilines is 4. The maximum atomic E-state index is 12.3. The molecule has 532 valence electrons. The Labute approximate surface area is 556 Å². The summed E-state index contributed by atoms with van der Waals surface area (Å²) in [5.41, 5.74) is 8.99. The summed E-state index contributed by atoms with van der Waals surface area (Å²) in [4.78, 5) is 98.7. The summed E-state index contributed by atoms with van der Waals surface area (Å²) in [6.07, 6.45) is -16.5. The van der Waals surface area contributed by atoms with Gasteiger partial charge in [0.1, 0.15) is 97.1 Å². The first-order valence-electron chi connectivity index (χ1n) is 30.4. The van der Waals surface area contributed by atoms with Crippen LogP contribution in [-0.4, -0.2) is 271 Å². The highest BCUT2D eigenvalue weighted by atomic mass is 35.5. The molecule has 5 fully saturated rings. The quantitative estimate of drug-likeness (QED) is 0.0728. The molecule has 0 saturated carbocycles. The summed E-state index contributed by atoms with van der Waals surface area (Å²) in [7, 11) is 4.71. The van der Waals surface area contributed by atoms with Gasteiger partial charge in [-0.15, -0.1) is 27.7 Å². The van der Waals surface area contributed by atoms with Crippen LogP contribution in [0.15, 0.2) is 47.5 Å². The highest BCUT2D eigenvalue weighted by Gasteiger charge is 2.52. The average Bonchev–Trinajstić information content (AvgIpc) is 1.62. The van der Waals surface area contributed by atoms with Crippen LogP contribution in [0.5, 0.6) is 0 Å². The number of nitrogens with two attached hydrogens (primary N) is 1. The molecule has 10 bridgehead atoms. The topological polar surface area (TPSA) is 629 Å². The first kappa shape index (κ1) is 66.2. The normalized spacial score (nSPS) is 31.5. The van der Waals surface area contributed by atoms with Crippen LogP contribution >= 0.6 is 12.4 Å². The number of hydrogen-bond acceptors (Lipinski definition) is 37. The van der Waals surface area contributed by atoms with Crippen LogP contribution in [0.25, 0.3) is 55.8 Å². The monoisotopic (exact) mass is 1420 g/mol. The van der Waals surface area contributed by atoms with Crippen molar-refractivity contribution in [3.8, 4) is 0 Å². The molecule has 10 aliphatic rings. The van der Waals surface area contributed by atoms with Gasteiger partial charge in [0.05, 0.1) is 58.2 Å². The lowest BCUT2D eigenvalue weighted by Crippen LogP contribution is -2.40. The van der Waals surface area contributed by atoms with Crippen LogP contribution < -0.4 is 55.7 Å². The van der Waals surface area contributed by atoms with Gasteiger partial charge in [-0.05, 0) is 0 Å². The number of nitrogens with zero attached hydrogens (tertiary/aromatic N) is 21. The van der Waals surface area contributed by atoms with Gasteiger partial charge in [0.15, 0.2) is 98.9 Å². The van der Waals surface area contributed by atoms with Gasteiger partial charge in [0, 0.05) is 20.2 Å². The Bertz CT molecular complexity index is 5190. The molecule has 0 radical (unpaired) electrons. The standard InChI is InChI=1S/C11H13N5O4.C10H12N6O5.C10H12N6O4.C10H11N5O4.C10H10N4O5.ClH/c1-12-4-2-6(17)16-10-7(4)13-14-15(10)3-5-8(18)9(19)11(16)20-5;1-20-13-7-4-8-15(14-12-4)2-3-5(17)6(18)9(21-3)16(8)10(19)11-7;1-11-7-4-8-15(14-13-4)2-3-5(17)6(18)9(20-3)16(8)10(19)12-7;11-7-4-8-14(2-12-4)1-3-5(16)6(17)9(19-3)15(8)10(18)13-7;15-5-3-1-13-2-11-4-7(17)12-10(18)14(8(4)13)9(19-3)6(5)16;/h2,5,8-9,11-12,18-19H,3H2,1H3;3,5-6,9,17-18H,2H2,1H3,(H,11,13,19);3,5-6,9,17-18H,2H2,1H3,(H,11,12,19);2-3,5-6,9,16-17H,1H2,(H2,11,13,18);2-3,5-6,9,15-16H,1H2,(H,12,17,18);1H/t5-,8?,9?,11-;4*3-,5?,6?,9-;/m11111./s1. The predicted octanol–water partition coefficient (Wildman–Crippen LogP) is -10.7. The fraction of sp³-hybridized carbons (Fsp3) is 0.549. The fourth-order valence-corrected chi connectivity index (χ4v) is 14.0. The van der Waals surface area contributed by atoms with Crippen LogP contribution in [0.2, 0.25) is 0 Å². The summed E-state index contributed by atoms with van der Waals surface area (Å²) in [5.74, 6) is 0.496. The summed E-state index contributed by atoms with van der Waals surface area (Å²) in [6, 6.07) is 1.38. The lowest BCUT2D eigenvalue weighted by molar-refractivity contribution is -0.0357. The predicted molar refractivity (Wildman–Crippen MR) is 328 cm³/mol. The van der Waals surface area contributed by atoms with E-state index in [0.29, 0.717) is 61.8 Å². The highest BCUT2D eigenvalue weighted by molar-refractivity contribution is 5.86. The number of imidazole rings is 2. The van der Waals surface area contributed by atoms with E-state index in [1.165, 1.54) is 53.6 Å². The Morgan fingerprint density at radius 2 is 0.850 bits per heavy atom. The number of aromatic nitrogens is 22. The number of H-pyrrole nitrogens is 1. The Morgan fingerprint density at radius 3 is 1.31 bits per heavy atom. The molecule has 100 heavy (non-hydrogen) atoms. The van der Waals surface area contributed by atoms with Crippen molar-refractivity contribution in [3.63, 3.8) is 0 Å². The third kappa shape index (κ3) is 9.77. The number of aliphatic hydroxyl groups excluding tert-OH is 10. The smallest absolute Gasteiger partial charge is 0.353 e. The van der Waals surface area contributed by atoms with Gasteiger partial charge < -0.3 is 100 Å². The van der Waals surface area contributed by atoms with Gasteiger partial charge in [0.2, 0.25) is 0 Å². The number of hydrogen-bond donors (Lipinski definition) is 15. The molecule has 20 atom stereocenters. The molecule has 16 N–H and O–H groups in total. The van der Waals surface area contributed by atoms with E-state index in [2.05, 4.69) is 77.0 Å². The first-order valence-corrected chi connectivity index (χ1v) is 30.4. The molecule has 49 heteroatoms. The second-order valence-corrected chi connectivity index (χ2v) is 24.3. The zero-order valence-electron chi connectivity index (χ0n) is 51.6. The highest BCUT2D eigenvalue weighted by Crippen LogP contribution is 2.40. The third-order valence-electron chi connectivity index (χ3n) is 18.7. The fourth-order valence-electron chi connectivity index (χ4n) is 14.0. The third-order valence-corrected chi connectivity index (χ3v) is 18.7. The lowest BCUT2D eigenvalue weighted by atomic mass is 10.1. The number of halogens is 1. The largest absolute Gasteiger partial charge is 0.387 e. The van der Waals surface area contributed by atoms with Crippen molar-refractivity contribution in [2.45, 2.75) is 155 Å². The molecule has 10 aromatic rings. The van der Waals surface area contributed by atoms with Crippen LogP contribution in [-0.2, 0) is 61.2 Å². The second-order valence-electron chi connectivity index (χ2n) is 24.3. The maximum absolute atomic E-state index is 12.3. The van der Waals surface area contributed by atoms with Crippen LogP contribution in [0.1, 0.15) is 31.1 Å². The molecule has 0 spiro atoms. The number of nitrogen functional groups attached to an aromatic ring is 1. The van der Waals surface area contributed by atoms with E-state index in [1.807, 2.05) is 0 Å². The van der Waals surface area contributed by atoms with Crippen molar-refractivity contribution in [3.05, 3.63) is 81.4 Å². The minimum absolute atomic E-state index is 0. The molecule has 0 amide bonds. The van der Waals surface area contributed by atoms with Crippen molar-refractivity contribution >= 4 is 91.4 Å². The van der Waals surface area contributed by atoms with Crippen molar-refractivity contribution in [1.29, 1.82) is 0 Å². The van der Waals surface area contributed by atoms with Gasteiger partial charge in [-0.1, -0.05) is 15.6 Å². The Hall–Kier alpha value is -9.74. The minimum Gasteiger partial charge on any atom is -0.387 e. The number of pyridine rings is 1. The first-order chi connectivity index (χ1) is 47.5. The molecule has 5 saturated heterocycles. The summed E-state index contributed by atoms with van der Waals surface area (Å²) in [5, 5.41) is 129. The van der Waals surface area contributed by atoms with Gasteiger partial charge in [-0.3, -0.25) is 24.0 Å². The zero-order valence-corrected chi connectivity index (χ0v) is 52.4. The molecule has 0 aromatic carbocycles. The molecule has 0 aliphatic carbocycles. The van der Waals surface area contributed by atoms with E-state index in [0.717, 1.165) is 9.13 Å². The number of fused-ring (bicyclic) bond motifs is 15. The van der Waals surface area contributed by atoms with Crippen molar-refractivity contribution in [1.82, 2.24) is 107 Å². The molecular weight excluding hydrogens is 1360 g/mol. The Kier molecular flexibility index (Phi) is 16.1. The van der Waals surface area contributed by atoms with Crippen molar-refractivity contribution in [2.24, 2.45) is 0 Å². The van der Waals surface area contributed by atoms with Gasteiger partial charge >= 0.3 is 22.8 Å². The number of nitrogens with one attached hydrogen (secondary N) is 4. The van der Waals surface area contributed by atoms with E-state index in [9.17, 15) is 79.8 Å². The summed E-state index contributed by atoms with van der Waals surface area (Å²) < 4.78 is 41.4. The lowest BCUT2D eigenvalue weighted by Gasteiger charge is -2.20. The van der Waals surface area contributed by atoms with E-state index in [-0.39, 0.29) is 67.8 Å². The number of rotatable bonds is 4. The van der Waals surface area contributed by atoms with Crippen LogP contribution in [0.4, 0.5) is 23.1 Å². The minimum atomic E-state index is -1.22. The Morgan fingerprint density at radius 1 is 0.470 bits per heavy atom. The molecular formula is C51H59ClN26O22. The Balaban J connectivity index is 0.000000101. The van der Waals surface area contributed by atoms with E-state index in [1.54, 1.807) is 23.2 Å². The van der Waals surface area contributed by atoms with E-state index >= 15 is 0 Å². The molecule has 10 unspecified atom stereocenters. The van der Waals surface area contributed by atoms with E-state index in [4.69, 9.17) is 34.3 Å². The maximum Gasteiger partial charge on any atom is 0.353 e. The number of aromatic amines is 1. The van der Waals surface area contributed by atoms with Crippen molar-refractivity contribution in [2.75, 3.05) is 43.1 Å². The molecule has 20 rings (SSSR count). The number of aliphatic hydroxyl groups is 10. The molecule has 48 nitrogen and oxygen atoms in total. The summed E-state index contributed by atoms with van der Waals surface area (Å²) >= 11 is 0. The van der Waals surface area contributed by atoms with Gasteiger partial charge in [-0.25, -0.2) is 66.9 Å². The molecule has 10 aliphatic heterocycles. The van der Waals surface area contributed by atoms with Crippen LogP contribution in [0.3, 0.4) is 0 Å².